The first kappa shape index (κ1) is 14.4. The van der Waals surface area contributed by atoms with Crippen molar-refractivity contribution in [1.82, 2.24) is 15.3 Å². The van der Waals surface area contributed by atoms with Crippen molar-refractivity contribution in [2.24, 2.45) is 0 Å². The number of carbonyl (C=O) groups excluding carboxylic acids is 1. The van der Waals surface area contributed by atoms with Gasteiger partial charge in [-0.05, 0) is 6.42 Å². The van der Waals surface area contributed by atoms with E-state index in [0.29, 0.717) is 6.42 Å². The van der Waals surface area contributed by atoms with Crippen molar-refractivity contribution in [2.75, 3.05) is 0 Å². The lowest BCUT2D eigenvalue weighted by molar-refractivity contribution is -0.139. The van der Waals surface area contributed by atoms with Crippen LogP contribution in [-0.2, 0) is 4.79 Å². The van der Waals surface area contributed by atoms with Gasteiger partial charge in [0.25, 0.3) is 5.91 Å². The van der Waals surface area contributed by atoms with E-state index in [9.17, 15) is 9.59 Å². The largest absolute Gasteiger partial charge is 0.480 e. The van der Waals surface area contributed by atoms with Gasteiger partial charge in [0.05, 0.1) is 12.4 Å². The van der Waals surface area contributed by atoms with Crippen molar-refractivity contribution in [1.29, 1.82) is 0 Å². The summed E-state index contributed by atoms with van der Waals surface area (Å²) in [6.07, 6.45) is 4.49. The van der Waals surface area contributed by atoms with E-state index in [-0.39, 0.29) is 10.8 Å². The maximum Gasteiger partial charge on any atom is 0.326 e. The molecule has 6 nitrogen and oxygen atoms in total. The summed E-state index contributed by atoms with van der Waals surface area (Å²) in [6.45, 7) is 1.95. The Kier molecular flexibility index (Phi) is 5.51. The summed E-state index contributed by atoms with van der Waals surface area (Å²) >= 11 is 5.60. The van der Waals surface area contributed by atoms with Gasteiger partial charge in [0.2, 0.25) is 0 Å². The molecule has 2 N–H and O–H groups in total. The van der Waals surface area contributed by atoms with Gasteiger partial charge in [-0.25, -0.2) is 9.78 Å². The lowest BCUT2D eigenvalue weighted by Gasteiger charge is -2.13. The van der Waals surface area contributed by atoms with E-state index in [1.807, 2.05) is 6.92 Å². The molecule has 0 spiro atoms. The van der Waals surface area contributed by atoms with Crippen LogP contribution in [0.5, 0.6) is 0 Å². The van der Waals surface area contributed by atoms with Crippen LogP contribution in [0.25, 0.3) is 0 Å². The van der Waals surface area contributed by atoms with E-state index in [1.54, 1.807) is 0 Å². The molecule has 1 heterocycles. The number of unbranched alkanes of at least 4 members (excludes halogenated alkanes) is 1. The highest BCUT2D eigenvalue weighted by Crippen LogP contribution is 2.05. The van der Waals surface area contributed by atoms with Crippen molar-refractivity contribution in [2.45, 2.75) is 32.2 Å². The Labute approximate surface area is 109 Å². The number of nitrogens with zero attached hydrogens (tertiary/aromatic N) is 2. The molecule has 0 aliphatic carbocycles. The number of hydrogen-bond acceptors (Lipinski definition) is 4. The van der Waals surface area contributed by atoms with Crippen LogP contribution in [0.4, 0.5) is 0 Å². The Morgan fingerprint density at radius 2 is 2.22 bits per heavy atom. The number of hydrogen-bond donors (Lipinski definition) is 2. The zero-order valence-electron chi connectivity index (χ0n) is 9.89. The minimum Gasteiger partial charge on any atom is -0.480 e. The zero-order valence-corrected chi connectivity index (χ0v) is 10.6. The maximum absolute atomic E-state index is 11.7. The molecule has 0 aliphatic heterocycles. The topological polar surface area (TPSA) is 92.2 Å². The highest BCUT2D eigenvalue weighted by atomic mass is 35.5. The quantitative estimate of drug-likeness (QED) is 0.818. The van der Waals surface area contributed by atoms with Gasteiger partial charge in [0.1, 0.15) is 16.9 Å². The molecule has 18 heavy (non-hydrogen) atoms. The van der Waals surface area contributed by atoms with Crippen LogP contribution in [-0.4, -0.2) is 33.0 Å². The molecule has 7 heteroatoms. The molecule has 0 radical (unpaired) electrons. The van der Waals surface area contributed by atoms with Crippen molar-refractivity contribution < 1.29 is 14.7 Å². The van der Waals surface area contributed by atoms with Crippen LogP contribution in [0, 0.1) is 0 Å². The predicted molar refractivity (Wildman–Crippen MR) is 65.5 cm³/mol. The average Bonchev–Trinajstić information content (AvgIpc) is 2.33. The van der Waals surface area contributed by atoms with Gasteiger partial charge in [-0.1, -0.05) is 31.4 Å². The van der Waals surface area contributed by atoms with E-state index in [2.05, 4.69) is 15.3 Å². The fourth-order valence-electron chi connectivity index (χ4n) is 1.35. The van der Waals surface area contributed by atoms with Gasteiger partial charge >= 0.3 is 5.97 Å². The monoisotopic (exact) mass is 271 g/mol. The SMILES string of the molecule is CCCCC(NC(=O)c1cncc(Cl)n1)C(=O)O. The van der Waals surface area contributed by atoms with Crippen LogP contribution in [0.2, 0.25) is 5.15 Å². The van der Waals surface area contributed by atoms with Crippen LogP contribution in [0.15, 0.2) is 12.4 Å². The third-order valence-electron chi connectivity index (χ3n) is 2.29. The summed E-state index contributed by atoms with van der Waals surface area (Å²) in [5.41, 5.74) is 0.00486. The molecule has 1 unspecified atom stereocenters. The first-order chi connectivity index (χ1) is 8.54. The second-order valence-electron chi connectivity index (χ2n) is 3.73. The highest BCUT2D eigenvalue weighted by Gasteiger charge is 2.20. The smallest absolute Gasteiger partial charge is 0.326 e. The van der Waals surface area contributed by atoms with E-state index in [1.165, 1.54) is 12.4 Å². The molecule has 98 valence electrons. The molecule has 1 amide bonds. The predicted octanol–water partition coefficient (Wildman–Crippen LogP) is 1.50. The second-order valence-corrected chi connectivity index (χ2v) is 4.12. The maximum atomic E-state index is 11.7. The number of rotatable bonds is 6. The van der Waals surface area contributed by atoms with Gasteiger partial charge in [-0.3, -0.25) is 9.78 Å². The number of carboxylic acid groups (broad SMARTS) is 1. The average molecular weight is 272 g/mol. The molecule has 0 aliphatic rings. The Bertz CT molecular complexity index is 439. The molecule has 0 saturated carbocycles. The molecule has 0 aromatic carbocycles. The number of halogens is 1. The van der Waals surface area contributed by atoms with E-state index in [4.69, 9.17) is 16.7 Å². The Morgan fingerprint density at radius 1 is 1.50 bits per heavy atom. The molecule has 0 bridgehead atoms. The van der Waals surface area contributed by atoms with Crippen molar-refractivity contribution in [3.05, 3.63) is 23.2 Å². The molecular weight excluding hydrogens is 258 g/mol. The number of carbonyl (C=O) groups is 2. The number of carboxylic acids is 1. The Balaban J connectivity index is 2.69. The lowest BCUT2D eigenvalue weighted by Crippen LogP contribution is -2.41. The normalized spacial score (nSPS) is 11.9. The number of aliphatic carboxylic acids is 1. The molecule has 1 atom stereocenters. The fraction of sp³-hybridized carbons (Fsp3) is 0.455. The molecular formula is C11H14ClN3O3. The molecule has 0 fully saturated rings. The van der Waals surface area contributed by atoms with Gasteiger partial charge in [0, 0.05) is 0 Å². The Hall–Kier alpha value is -1.69. The summed E-state index contributed by atoms with van der Waals surface area (Å²) < 4.78 is 0. The van der Waals surface area contributed by atoms with Crippen molar-refractivity contribution in [3.8, 4) is 0 Å². The fourth-order valence-corrected chi connectivity index (χ4v) is 1.50. The number of amides is 1. The first-order valence-electron chi connectivity index (χ1n) is 5.55. The minimum atomic E-state index is -1.06. The molecule has 1 aromatic rings. The first-order valence-corrected chi connectivity index (χ1v) is 5.93. The van der Waals surface area contributed by atoms with Gasteiger partial charge in [-0.15, -0.1) is 0 Å². The van der Waals surface area contributed by atoms with Crippen LogP contribution < -0.4 is 5.32 Å². The molecule has 1 rings (SSSR count). The number of aromatic nitrogens is 2. The minimum absolute atomic E-state index is 0.00486. The highest BCUT2D eigenvalue weighted by molar-refractivity contribution is 6.29. The van der Waals surface area contributed by atoms with Gasteiger partial charge < -0.3 is 10.4 Å². The van der Waals surface area contributed by atoms with E-state index < -0.39 is 17.9 Å². The molecule has 1 aromatic heterocycles. The summed E-state index contributed by atoms with van der Waals surface area (Å²) in [4.78, 5) is 30.2. The molecule has 0 saturated heterocycles. The summed E-state index contributed by atoms with van der Waals surface area (Å²) in [5.74, 6) is -1.65. The summed E-state index contributed by atoms with van der Waals surface area (Å²) in [5, 5.41) is 11.5. The van der Waals surface area contributed by atoms with Crippen LogP contribution in [0.1, 0.15) is 36.7 Å². The second kappa shape index (κ2) is 6.90. The van der Waals surface area contributed by atoms with Crippen molar-refractivity contribution >= 4 is 23.5 Å². The van der Waals surface area contributed by atoms with Gasteiger partial charge in [0.15, 0.2) is 0 Å². The summed E-state index contributed by atoms with van der Waals surface area (Å²) in [6, 6.07) is -0.918. The van der Waals surface area contributed by atoms with Crippen LogP contribution >= 0.6 is 11.6 Å². The van der Waals surface area contributed by atoms with Gasteiger partial charge in [-0.2, -0.15) is 0 Å². The summed E-state index contributed by atoms with van der Waals surface area (Å²) in [7, 11) is 0. The van der Waals surface area contributed by atoms with Crippen molar-refractivity contribution in [3.63, 3.8) is 0 Å². The zero-order chi connectivity index (χ0) is 13.5. The lowest BCUT2D eigenvalue weighted by atomic mass is 10.1. The van der Waals surface area contributed by atoms with Crippen LogP contribution in [0.3, 0.4) is 0 Å². The third kappa shape index (κ3) is 4.29. The van der Waals surface area contributed by atoms with E-state index in [0.717, 1.165) is 12.8 Å². The number of nitrogens with one attached hydrogen (secondary N) is 1. The standard InChI is InChI=1S/C11H14ClN3O3/c1-2-3-4-7(11(17)18)15-10(16)8-5-13-6-9(12)14-8/h5-7H,2-4H2,1H3,(H,15,16)(H,17,18). The third-order valence-corrected chi connectivity index (χ3v) is 2.47. The van der Waals surface area contributed by atoms with E-state index >= 15 is 0 Å². The Morgan fingerprint density at radius 3 is 2.78 bits per heavy atom.